The summed E-state index contributed by atoms with van der Waals surface area (Å²) in [6.45, 7) is 1.39. The minimum Gasteiger partial charge on any atom is -0.496 e. The molecule has 6 nitrogen and oxygen atoms in total. The first-order valence-electron chi connectivity index (χ1n) is 9.93. The number of benzene rings is 2. The number of rotatable bonds is 5. The molecule has 0 unspecified atom stereocenters. The van der Waals surface area contributed by atoms with Crippen LogP contribution in [-0.4, -0.2) is 36.3 Å². The average Bonchev–Trinajstić information content (AvgIpc) is 2.81. The number of carbonyl (C=O) groups is 1. The first kappa shape index (κ1) is 19.8. The Hall–Kier alpha value is -3.48. The number of hydrogen-bond donors (Lipinski definition) is 1. The van der Waals surface area contributed by atoms with Gasteiger partial charge in [0.1, 0.15) is 11.6 Å². The van der Waals surface area contributed by atoms with E-state index < -0.39 is 5.82 Å². The molecule has 0 spiro atoms. The molecule has 1 N–H and O–H groups in total. The van der Waals surface area contributed by atoms with E-state index in [4.69, 9.17) is 4.74 Å². The predicted octanol–water partition coefficient (Wildman–Crippen LogP) is 4.15. The number of hydrogen-bond acceptors (Lipinski definition) is 5. The van der Waals surface area contributed by atoms with E-state index in [1.54, 1.807) is 25.3 Å². The smallest absolute Gasteiger partial charge is 0.227 e. The Balaban J connectivity index is 1.37. The van der Waals surface area contributed by atoms with Crippen molar-refractivity contribution in [1.82, 2.24) is 10.2 Å². The zero-order valence-electron chi connectivity index (χ0n) is 16.7. The fourth-order valence-electron chi connectivity index (χ4n) is 3.66. The second-order valence-electron chi connectivity index (χ2n) is 7.21. The second-order valence-corrected chi connectivity index (χ2v) is 7.21. The van der Waals surface area contributed by atoms with Crippen LogP contribution in [0.3, 0.4) is 0 Å². The molecule has 1 aromatic heterocycles. The molecule has 1 aliphatic rings. The van der Waals surface area contributed by atoms with Crippen LogP contribution in [0.5, 0.6) is 5.75 Å². The summed E-state index contributed by atoms with van der Waals surface area (Å²) in [4.78, 5) is 14.6. The Morgan fingerprint density at radius 1 is 1.03 bits per heavy atom. The zero-order valence-corrected chi connectivity index (χ0v) is 16.7. The molecule has 7 heteroatoms. The van der Waals surface area contributed by atoms with Gasteiger partial charge in [0.25, 0.3) is 0 Å². The van der Waals surface area contributed by atoms with E-state index >= 15 is 0 Å². The summed E-state index contributed by atoms with van der Waals surface area (Å²) < 4.78 is 19.1. The van der Waals surface area contributed by atoms with Crippen LogP contribution in [0.4, 0.5) is 15.9 Å². The lowest BCUT2D eigenvalue weighted by Gasteiger charge is -2.31. The van der Waals surface area contributed by atoms with E-state index in [-0.39, 0.29) is 17.5 Å². The third kappa shape index (κ3) is 4.25. The van der Waals surface area contributed by atoms with Crippen molar-refractivity contribution >= 4 is 17.4 Å². The molecule has 2 aromatic carbocycles. The number of methoxy groups -OCH3 is 1. The Kier molecular flexibility index (Phi) is 5.88. The number of anilines is 2. The highest BCUT2D eigenvalue weighted by molar-refractivity contribution is 5.92. The van der Waals surface area contributed by atoms with E-state index in [1.165, 1.54) is 6.07 Å². The number of ether oxygens (including phenoxy) is 1. The van der Waals surface area contributed by atoms with Crippen LogP contribution in [0.2, 0.25) is 0 Å². The largest absolute Gasteiger partial charge is 0.496 e. The summed E-state index contributed by atoms with van der Waals surface area (Å²) in [6.07, 6.45) is 1.35. The maximum atomic E-state index is 13.8. The number of nitrogens with zero attached hydrogens (tertiary/aromatic N) is 3. The highest BCUT2D eigenvalue weighted by atomic mass is 19.1. The van der Waals surface area contributed by atoms with Crippen molar-refractivity contribution in [2.45, 2.75) is 12.8 Å². The fraction of sp³-hybridized carbons (Fsp3) is 0.261. The molecule has 1 fully saturated rings. The minimum atomic E-state index is -0.423. The third-order valence-corrected chi connectivity index (χ3v) is 5.35. The van der Waals surface area contributed by atoms with E-state index in [9.17, 15) is 9.18 Å². The summed E-state index contributed by atoms with van der Waals surface area (Å²) in [5.41, 5.74) is 1.86. The van der Waals surface area contributed by atoms with Gasteiger partial charge >= 0.3 is 0 Å². The van der Waals surface area contributed by atoms with Gasteiger partial charge in [-0.2, -0.15) is 0 Å². The van der Waals surface area contributed by atoms with Crippen molar-refractivity contribution in [3.8, 4) is 17.0 Å². The van der Waals surface area contributed by atoms with Gasteiger partial charge in [0.15, 0.2) is 5.82 Å². The third-order valence-electron chi connectivity index (χ3n) is 5.35. The zero-order chi connectivity index (χ0) is 20.9. The average molecular weight is 406 g/mol. The Labute approximate surface area is 174 Å². The van der Waals surface area contributed by atoms with E-state index in [1.807, 2.05) is 36.4 Å². The molecule has 0 atom stereocenters. The molecule has 0 radical (unpaired) electrons. The molecule has 4 rings (SSSR count). The highest BCUT2D eigenvalue weighted by Crippen LogP contribution is 2.29. The normalized spacial score (nSPS) is 14.4. The van der Waals surface area contributed by atoms with Crippen LogP contribution in [-0.2, 0) is 4.79 Å². The molecule has 1 amide bonds. The number of amides is 1. The number of para-hydroxylation sites is 2. The Bertz CT molecular complexity index is 1020. The molecule has 0 aliphatic carbocycles. The summed E-state index contributed by atoms with van der Waals surface area (Å²) >= 11 is 0. The van der Waals surface area contributed by atoms with Crippen molar-refractivity contribution in [1.29, 1.82) is 0 Å². The van der Waals surface area contributed by atoms with E-state index in [0.717, 1.165) is 22.8 Å². The quantitative estimate of drug-likeness (QED) is 0.690. The molecular formula is C23H23FN4O2. The Morgan fingerprint density at radius 2 is 1.77 bits per heavy atom. The fourth-order valence-corrected chi connectivity index (χ4v) is 3.66. The van der Waals surface area contributed by atoms with Crippen LogP contribution in [0.1, 0.15) is 12.8 Å². The lowest BCUT2D eigenvalue weighted by Crippen LogP contribution is -2.38. The molecule has 0 saturated carbocycles. The van der Waals surface area contributed by atoms with Crippen LogP contribution < -0.4 is 15.0 Å². The topological polar surface area (TPSA) is 67.3 Å². The number of aromatic nitrogens is 2. The molecule has 0 bridgehead atoms. The molecule has 154 valence electrons. The second kappa shape index (κ2) is 8.90. The number of halogens is 1. The Morgan fingerprint density at radius 3 is 2.47 bits per heavy atom. The van der Waals surface area contributed by atoms with Gasteiger partial charge in [-0.1, -0.05) is 24.3 Å². The lowest BCUT2D eigenvalue weighted by atomic mass is 9.95. The maximum absolute atomic E-state index is 13.8. The van der Waals surface area contributed by atoms with Crippen molar-refractivity contribution in [3.63, 3.8) is 0 Å². The minimum absolute atomic E-state index is 0.141. The van der Waals surface area contributed by atoms with E-state index in [2.05, 4.69) is 20.4 Å². The monoisotopic (exact) mass is 406 g/mol. The summed E-state index contributed by atoms with van der Waals surface area (Å²) in [5.74, 6) is 0.815. The summed E-state index contributed by atoms with van der Waals surface area (Å²) in [6, 6.07) is 17.8. The van der Waals surface area contributed by atoms with Gasteiger partial charge in [0, 0.05) is 24.6 Å². The van der Waals surface area contributed by atoms with Crippen molar-refractivity contribution in [2.75, 3.05) is 30.4 Å². The highest BCUT2D eigenvalue weighted by Gasteiger charge is 2.26. The van der Waals surface area contributed by atoms with Crippen molar-refractivity contribution in [3.05, 3.63) is 66.5 Å². The molecule has 1 aliphatic heterocycles. The molecule has 3 aromatic rings. The van der Waals surface area contributed by atoms with Gasteiger partial charge in [-0.3, -0.25) is 4.79 Å². The van der Waals surface area contributed by atoms with Gasteiger partial charge in [0.05, 0.1) is 18.5 Å². The summed E-state index contributed by atoms with van der Waals surface area (Å²) in [7, 11) is 1.63. The van der Waals surface area contributed by atoms with Crippen molar-refractivity contribution < 1.29 is 13.9 Å². The SMILES string of the molecule is COc1ccccc1-c1ccc(N2CCC(C(=O)Nc3ccccc3F)CC2)nn1. The molecule has 30 heavy (non-hydrogen) atoms. The molecule has 2 heterocycles. The predicted molar refractivity (Wildman–Crippen MR) is 114 cm³/mol. The van der Waals surface area contributed by atoms with Gasteiger partial charge in [-0.05, 0) is 49.2 Å². The van der Waals surface area contributed by atoms with Crippen LogP contribution in [0.25, 0.3) is 11.3 Å². The summed E-state index contributed by atoms with van der Waals surface area (Å²) in [5, 5.41) is 11.4. The van der Waals surface area contributed by atoms with Gasteiger partial charge in [-0.15, -0.1) is 10.2 Å². The standard InChI is InChI=1S/C23H23FN4O2/c1-30-21-9-5-2-6-17(21)19-10-11-22(27-26-19)28-14-12-16(13-15-28)23(29)25-20-8-4-3-7-18(20)24/h2-11,16H,12-15H2,1H3,(H,25,29). The van der Waals surface area contributed by atoms with Gasteiger partial charge < -0.3 is 15.0 Å². The molecule has 1 saturated heterocycles. The van der Waals surface area contributed by atoms with Crippen LogP contribution in [0.15, 0.2) is 60.7 Å². The van der Waals surface area contributed by atoms with Crippen LogP contribution >= 0.6 is 0 Å². The number of piperidine rings is 1. The molecular weight excluding hydrogens is 383 g/mol. The van der Waals surface area contributed by atoms with Gasteiger partial charge in [0.2, 0.25) is 5.91 Å². The number of carbonyl (C=O) groups excluding carboxylic acids is 1. The lowest BCUT2D eigenvalue weighted by molar-refractivity contribution is -0.120. The first-order chi connectivity index (χ1) is 14.7. The van der Waals surface area contributed by atoms with Gasteiger partial charge in [-0.25, -0.2) is 4.39 Å². The van der Waals surface area contributed by atoms with E-state index in [0.29, 0.717) is 25.9 Å². The first-order valence-corrected chi connectivity index (χ1v) is 9.93. The maximum Gasteiger partial charge on any atom is 0.227 e. The number of nitrogens with one attached hydrogen (secondary N) is 1. The van der Waals surface area contributed by atoms with Crippen molar-refractivity contribution in [2.24, 2.45) is 5.92 Å². The van der Waals surface area contributed by atoms with Crippen LogP contribution in [0, 0.1) is 11.7 Å².